The van der Waals surface area contributed by atoms with Crippen molar-refractivity contribution in [3.05, 3.63) is 53.1 Å². The van der Waals surface area contributed by atoms with Gasteiger partial charge < -0.3 is 9.47 Å². The van der Waals surface area contributed by atoms with Crippen LogP contribution in [0.2, 0.25) is 0 Å². The van der Waals surface area contributed by atoms with Crippen molar-refractivity contribution >= 4 is 35.2 Å². The molecule has 1 aliphatic heterocycles. The highest BCUT2D eigenvalue weighted by Gasteiger charge is 2.37. The van der Waals surface area contributed by atoms with Crippen LogP contribution in [0.15, 0.2) is 53.1 Å². The van der Waals surface area contributed by atoms with Crippen LogP contribution in [0.1, 0.15) is 13.8 Å². The Hall–Kier alpha value is -2.39. The van der Waals surface area contributed by atoms with E-state index in [1.165, 1.54) is 7.11 Å². The highest BCUT2D eigenvalue weighted by atomic mass is 31.2. The molecule has 0 unspecified atom stereocenters. The van der Waals surface area contributed by atoms with E-state index in [1.54, 1.807) is 0 Å². The molecular formula is C18H19O5P. The first kappa shape index (κ1) is 18.0. The van der Waals surface area contributed by atoms with E-state index in [2.05, 4.69) is 4.74 Å². The maximum atomic E-state index is 12.6. The minimum Gasteiger partial charge on any atom is -0.465 e. The maximum absolute atomic E-state index is 12.6. The smallest absolute Gasteiger partial charge is 0.379 e. The molecule has 5 nitrogen and oxygen atoms in total. The molecule has 0 spiro atoms. The van der Waals surface area contributed by atoms with Gasteiger partial charge in [-0.3, -0.25) is 4.79 Å². The Morgan fingerprint density at radius 3 is 1.79 bits per heavy atom. The monoisotopic (exact) mass is 346 g/mol. The number of hydrogen-bond acceptors (Lipinski definition) is 5. The molecular weight excluding hydrogens is 327 g/mol. The van der Waals surface area contributed by atoms with E-state index < -0.39 is 24.6 Å². The summed E-state index contributed by atoms with van der Waals surface area (Å²) in [4.78, 5) is 36.9. The van der Waals surface area contributed by atoms with E-state index in [9.17, 15) is 14.4 Å². The molecule has 0 atom stereocenters. The molecule has 1 aromatic rings. The maximum Gasteiger partial charge on any atom is 0.379 e. The summed E-state index contributed by atoms with van der Waals surface area (Å²) in [7, 11) is 2.30. The molecule has 0 amide bonds. The van der Waals surface area contributed by atoms with Crippen molar-refractivity contribution < 1.29 is 23.9 Å². The third-order valence-corrected chi connectivity index (χ3v) is 7.80. The van der Waals surface area contributed by atoms with E-state index >= 15 is 0 Å². The molecule has 6 heteroatoms. The molecule has 0 aliphatic carbocycles. The molecule has 0 radical (unpaired) electrons. The summed E-state index contributed by atoms with van der Waals surface area (Å²) >= 11 is 0. The molecule has 1 heterocycles. The predicted molar refractivity (Wildman–Crippen MR) is 94.6 cm³/mol. The van der Waals surface area contributed by atoms with Gasteiger partial charge in [-0.25, -0.2) is 9.59 Å². The number of methoxy groups -OCH3 is 2. The van der Waals surface area contributed by atoms with Crippen molar-refractivity contribution in [3.8, 4) is 0 Å². The average Bonchev–Trinajstić information content (AvgIpc) is 2.90. The van der Waals surface area contributed by atoms with Crippen LogP contribution in [0.3, 0.4) is 0 Å². The van der Waals surface area contributed by atoms with E-state index in [4.69, 9.17) is 4.74 Å². The third-order valence-electron chi connectivity index (χ3n) is 3.93. The molecule has 1 aromatic carbocycles. The summed E-state index contributed by atoms with van der Waals surface area (Å²) in [6.07, 6.45) is 0. The first-order valence-electron chi connectivity index (χ1n) is 7.29. The highest BCUT2D eigenvalue weighted by Crippen LogP contribution is 2.58. The van der Waals surface area contributed by atoms with E-state index in [0.29, 0.717) is 0 Å². The number of carbonyl (C=O) groups excluding carboxylic acids is 3. The summed E-state index contributed by atoms with van der Waals surface area (Å²) in [5.41, 5.74) is 1.93. The van der Waals surface area contributed by atoms with Gasteiger partial charge in [0.1, 0.15) is 5.29 Å². The van der Waals surface area contributed by atoms with Gasteiger partial charge in [-0.2, -0.15) is 0 Å². The lowest BCUT2D eigenvalue weighted by atomic mass is 10.2. The average molecular weight is 346 g/mol. The second-order valence-corrected chi connectivity index (χ2v) is 8.43. The van der Waals surface area contributed by atoms with Crippen molar-refractivity contribution in [1.29, 1.82) is 0 Å². The van der Waals surface area contributed by atoms with Gasteiger partial charge in [0.25, 0.3) is 5.78 Å². The Kier molecular flexibility index (Phi) is 5.25. The van der Waals surface area contributed by atoms with Gasteiger partial charge in [-0.15, -0.1) is 0 Å². The highest BCUT2D eigenvalue weighted by molar-refractivity contribution is 7.91. The number of esters is 2. The quantitative estimate of drug-likeness (QED) is 0.362. The van der Waals surface area contributed by atoms with Crippen LogP contribution >= 0.6 is 6.89 Å². The van der Waals surface area contributed by atoms with Crippen molar-refractivity contribution in [1.82, 2.24) is 0 Å². The number of ether oxygens (including phenoxy) is 2. The van der Waals surface area contributed by atoms with Crippen LogP contribution in [0.4, 0.5) is 0 Å². The van der Waals surface area contributed by atoms with Crippen LogP contribution < -0.4 is 5.30 Å². The Balaban J connectivity index is 2.95. The Labute approximate surface area is 140 Å². The number of benzene rings is 1. The fourth-order valence-corrected chi connectivity index (χ4v) is 6.64. The minimum atomic E-state index is -2.65. The number of Topliss-reactive ketones (excluding diaryl/α,β-unsaturated/α-hetero) is 1. The predicted octanol–water partition coefficient (Wildman–Crippen LogP) is 2.24. The zero-order valence-electron chi connectivity index (χ0n) is 14.0. The molecule has 0 aromatic heterocycles. The molecule has 0 fully saturated rings. The fraction of sp³-hybridized carbons (Fsp3) is 0.222. The zero-order valence-corrected chi connectivity index (χ0v) is 14.9. The molecule has 0 N–H and O–H groups in total. The number of rotatable bonds is 4. The van der Waals surface area contributed by atoms with E-state index in [1.807, 2.05) is 55.8 Å². The van der Waals surface area contributed by atoms with Gasteiger partial charge in [0.2, 0.25) is 0 Å². The van der Waals surface area contributed by atoms with Crippen LogP contribution in [0, 0.1) is 0 Å². The van der Waals surface area contributed by atoms with Crippen molar-refractivity contribution in [2.75, 3.05) is 14.2 Å². The Morgan fingerprint density at radius 2 is 1.33 bits per heavy atom. The first-order chi connectivity index (χ1) is 11.4. The number of allylic oxidation sites excluding steroid dienone is 2. The Morgan fingerprint density at radius 1 is 0.833 bits per heavy atom. The second kappa shape index (κ2) is 7.02. The summed E-state index contributed by atoms with van der Waals surface area (Å²) in [6.45, 7) is 1.17. The lowest BCUT2D eigenvalue weighted by molar-refractivity contribution is -0.149. The van der Waals surface area contributed by atoms with Crippen LogP contribution in [-0.2, 0) is 23.9 Å². The van der Waals surface area contributed by atoms with Gasteiger partial charge in [0.15, 0.2) is 0 Å². The molecule has 1 aliphatic rings. The summed E-state index contributed by atoms with van der Waals surface area (Å²) < 4.78 is 9.36. The molecule has 126 valence electrons. The lowest BCUT2D eigenvalue weighted by Gasteiger charge is -2.21. The molecule has 0 saturated heterocycles. The third kappa shape index (κ3) is 3.00. The Bertz CT molecular complexity index is 793. The number of carbonyl (C=O) groups is 3. The van der Waals surface area contributed by atoms with Crippen molar-refractivity contribution in [3.63, 3.8) is 0 Å². The lowest BCUT2D eigenvalue weighted by Crippen LogP contribution is -2.34. The van der Waals surface area contributed by atoms with Gasteiger partial charge in [-0.05, 0) is 48.8 Å². The van der Waals surface area contributed by atoms with Crippen LogP contribution in [0.25, 0.3) is 0 Å². The van der Waals surface area contributed by atoms with Gasteiger partial charge in [0, 0.05) is 0 Å². The molecule has 2 rings (SSSR count). The van der Waals surface area contributed by atoms with Gasteiger partial charge in [-0.1, -0.05) is 30.3 Å². The first-order valence-corrected chi connectivity index (χ1v) is 9.22. The summed E-state index contributed by atoms with van der Waals surface area (Å²) in [5, 5.41) is 0.637. The second-order valence-electron chi connectivity index (χ2n) is 5.40. The standard InChI is InChI=1S/C18H19O5P/c1-12-10-24(11-13(12)2,14-8-6-5-7-9-14)16(18(21)23-4)15(19)17(20)22-3/h5-11H,1-4H3. The minimum absolute atomic E-state index is 0.167. The summed E-state index contributed by atoms with van der Waals surface area (Å²) in [6, 6.07) is 9.21. The number of ketones is 1. The van der Waals surface area contributed by atoms with Crippen molar-refractivity contribution in [2.24, 2.45) is 0 Å². The van der Waals surface area contributed by atoms with Gasteiger partial charge >= 0.3 is 11.9 Å². The zero-order chi connectivity index (χ0) is 17.9. The molecule has 0 saturated carbocycles. The topological polar surface area (TPSA) is 69.7 Å². The van der Waals surface area contributed by atoms with Gasteiger partial charge in [0.05, 0.1) is 14.2 Å². The molecule has 0 bridgehead atoms. The van der Waals surface area contributed by atoms with Crippen LogP contribution in [-0.4, -0.2) is 37.2 Å². The number of hydrogen-bond donors (Lipinski definition) is 0. The van der Waals surface area contributed by atoms with Crippen LogP contribution in [0.5, 0.6) is 0 Å². The fourth-order valence-electron chi connectivity index (χ4n) is 2.63. The van der Waals surface area contributed by atoms with Crippen molar-refractivity contribution in [2.45, 2.75) is 13.8 Å². The van der Waals surface area contributed by atoms with E-state index in [0.717, 1.165) is 23.6 Å². The largest absolute Gasteiger partial charge is 0.465 e. The van der Waals surface area contributed by atoms with E-state index in [-0.39, 0.29) is 5.29 Å². The molecule has 24 heavy (non-hydrogen) atoms. The SMILES string of the molecule is COC(=O)C(=O)C(C(=O)OC)=P1(c2ccccc2)C=C(C)C(C)=C1. The summed E-state index contributed by atoms with van der Waals surface area (Å²) in [5.74, 6) is 0.971. The normalized spacial score (nSPS) is 15.2.